The molecule has 0 spiro atoms. The van der Waals surface area contributed by atoms with Gasteiger partial charge < -0.3 is 15.0 Å². The minimum atomic E-state index is -3.30. The van der Waals surface area contributed by atoms with Crippen LogP contribution in [0.3, 0.4) is 0 Å². The van der Waals surface area contributed by atoms with Crippen molar-refractivity contribution in [1.29, 1.82) is 0 Å². The molecule has 1 heterocycles. The molecule has 1 aliphatic rings. The zero-order valence-electron chi connectivity index (χ0n) is 19.3. The topological polar surface area (TPSA) is 75.7 Å². The predicted molar refractivity (Wildman–Crippen MR) is 125 cm³/mol. The molecule has 7 heteroatoms. The van der Waals surface area contributed by atoms with E-state index >= 15 is 0 Å². The summed E-state index contributed by atoms with van der Waals surface area (Å²) in [6.07, 6.45) is 4.93. The van der Waals surface area contributed by atoms with E-state index in [0.29, 0.717) is 23.8 Å². The molecule has 0 radical (unpaired) electrons. The first-order valence-corrected chi connectivity index (χ1v) is 12.5. The number of amides is 1. The number of allylic oxidation sites excluding steroid dienone is 1. The molecule has 0 aromatic heterocycles. The van der Waals surface area contributed by atoms with Crippen molar-refractivity contribution in [2.24, 2.45) is 5.92 Å². The summed E-state index contributed by atoms with van der Waals surface area (Å²) in [5.74, 6) is 0.606. The van der Waals surface area contributed by atoms with Crippen molar-refractivity contribution in [1.82, 2.24) is 10.2 Å². The number of nitrogens with one attached hydrogen (secondary N) is 1. The standard InChI is InChI=1S/C24H36N2O4S/c1-7-15-26-17-18(3)9-14-21(26)22(25-23(27)30-24(4,5)6)19-10-12-20(13-11-19)31(28,29)16-8-2/h7,10-14,18,22H,1,8-9,15-17H2,2-6H3,(H,25,27)/t18?,22-/m1/s1. The number of rotatable bonds is 8. The Morgan fingerprint density at radius 3 is 2.52 bits per heavy atom. The molecule has 1 N–H and O–H groups in total. The van der Waals surface area contributed by atoms with Gasteiger partial charge in [-0.15, -0.1) is 6.58 Å². The number of carbonyl (C=O) groups excluding carboxylic acids is 1. The molecule has 0 saturated heterocycles. The lowest BCUT2D eigenvalue weighted by atomic mass is 9.95. The third kappa shape index (κ3) is 7.13. The molecule has 2 atom stereocenters. The van der Waals surface area contributed by atoms with Gasteiger partial charge in [0.1, 0.15) is 5.60 Å². The van der Waals surface area contributed by atoms with Crippen molar-refractivity contribution in [2.45, 2.75) is 64.0 Å². The molecule has 31 heavy (non-hydrogen) atoms. The largest absolute Gasteiger partial charge is 0.444 e. The van der Waals surface area contributed by atoms with E-state index in [1.165, 1.54) is 0 Å². The van der Waals surface area contributed by atoms with Gasteiger partial charge in [0, 0.05) is 18.8 Å². The molecule has 1 amide bonds. The summed E-state index contributed by atoms with van der Waals surface area (Å²) in [6, 6.07) is 6.33. The lowest BCUT2D eigenvalue weighted by Gasteiger charge is -2.37. The van der Waals surface area contributed by atoms with Crippen LogP contribution >= 0.6 is 0 Å². The van der Waals surface area contributed by atoms with E-state index < -0.39 is 27.6 Å². The molecular formula is C24H36N2O4S. The third-order valence-corrected chi connectivity index (χ3v) is 6.91. The van der Waals surface area contributed by atoms with E-state index in [1.54, 1.807) is 24.3 Å². The summed E-state index contributed by atoms with van der Waals surface area (Å²) in [5, 5.41) is 2.99. The minimum Gasteiger partial charge on any atom is -0.444 e. The highest BCUT2D eigenvalue weighted by atomic mass is 32.2. The van der Waals surface area contributed by atoms with E-state index in [2.05, 4.69) is 29.8 Å². The number of ether oxygens (including phenoxy) is 1. The number of nitrogens with zero attached hydrogens (tertiary/aromatic N) is 1. The highest BCUT2D eigenvalue weighted by Crippen LogP contribution is 2.31. The van der Waals surface area contributed by atoms with Gasteiger partial charge in [-0.05, 0) is 57.2 Å². The Hall–Kier alpha value is -2.28. The van der Waals surface area contributed by atoms with Crippen molar-refractivity contribution in [3.63, 3.8) is 0 Å². The summed E-state index contributed by atoms with van der Waals surface area (Å²) < 4.78 is 30.3. The normalized spacial score (nSPS) is 18.2. The van der Waals surface area contributed by atoms with Gasteiger partial charge in [-0.25, -0.2) is 13.2 Å². The quantitative estimate of drug-likeness (QED) is 0.576. The monoisotopic (exact) mass is 448 g/mol. The van der Waals surface area contributed by atoms with Gasteiger partial charge in [0.25, 0.3) is 0 Å². The maximum Gasteiger partial charge on any atom is 0.408 e. The smallest absolute Gasteiger partial charge is 0.408 e. The van der Waals surface area contributed by atoms with Crippen LogP contribution in [0.1, 0.15) is 59.1 Å². The van der Waals surface area contributed by atoms with Crippen molar-refractivity contribution in [2.75, 3.05) is 18.8 Å². The molecule has 1 unspecified atom stereocenters. The van der Waals surface area contributed by atoms with E-state index in [1.807, 2.05) is 33.8 Å². The molecule has 6 nitrogen and oxygen atoms in total. The molecule has 2 rings (SSSR count). The van der Waals surface area contributed by atoms with Crippen LogP contribution in [0.15, 0.2) is 53.6 Å². The lowest BCUT2D eigenvalue weighted by Crippen LogP contribution is -2.41. The zero-order chi connectivity index (χ0) is 23.2. The number of sulfone groups is 1. The first-order valence-electron chi connectivity index (χ1n) is 10.8. The Kier molecular flexibility index (Phi) is 8.34. The van der Waals surface area contributed by atoms with E-state index in [0.717, 1.165) is 24.2 Å². The average Bonchev–Trinajstić information content (AvgIpc) is 2.66. The summed E-state index contributed by atoms with van der Waals surface area (Å²) in [6.45, 7) is 14.9. The van der Waals surface area contributed by atoms with Gasteiger partial charge in [-0.3, -0.25) is 0 Å². The second kappa shape index (κ2) is 10.4. The van der Waals surface area contributed by atoms with Gasteiger partial charge in [0.2, 0.25) is 0 Å². The first kappa shape index (κ1) is 25.0. The van der Waals surface area contributed by atoms with Crippen LogP contribution in [0.25, 0.3) is 0 Å². The molecule has 0 saturated carbocycles. The number of hydrogen-bond acceptors (Lipinski definition) is 5. The van der Waals surface area contributed by atoms with E-state index in [4.69, 9.17) is 4.74 Å². The predicted octanol–water partition coefficient (Wildman–Crippen LogP) is 4.85. The molecule has 1 aromatic carbocycles. The van der Waals surface area contributed by atoms with Gasteiger partial charge in [0.15, 0.2) is 9.84 Å². The van der Waals surface area contributed by atoms with Crippen molar-refractivity contribution in [3.05, 3.63) is 54.3 Å². The summed E-state index contributed by atoms with van der Waals surface area (Å²) in [5.41, 5.74) is 1.15. The Balaban J connectivity index is 2.42. The highest BCUT2D eigenvalue weighted by Gasteiger charge is 2.29. The Bertz CT molecular complexity index is 899. The van der Waals surface area contributed by atoms with Gasteiger partial charge >= 0.3 is 6.09 Å². The Morgan fingerprint density at radius 2 is 1.97 bits per heavy atom. The van der Waals surface area contributed by atoms with E-state index in [-0.39, 0.29) is 5.75 Å². The molecule has 1 aliphatic heterocycles. The number of carbonyl (C=O) groups is 1. The fourth-order valence-corrected chi connectivity index (χ4v) is 4.97. The van der Waals surface area contributed by atoms with Crippen LogP contribution in [0.5, 0.6) is 0 Å². The average molecular weight is 449 g/mol. The lowest BCUT2D eigenvalue weighted by molar-refractivity contribution is 0.0503. The summed E-state index contributed by atoms with van der Waals surface area (Å²) in [7, 11) is -3.30. The van der Waals surface area contributed by atoms with E-state index in [9.17, 15) is 13.2 Å². The second-order valence-corrected chi connectivity index (χ2v) is 11.2. The van der Waals surface area contributed by atoms with Crippen molar-refractivity contribution in [3.8, 4) is 0 Å². The van der Waals surface area contributed by atoms with Gasteiger partial charge in [0.05, 0.1) is 16.7 Å². The minimum absolute atomic E-state index is 0.113. The van der Waals surface area contributed by atoms with Crippen LogP contribution < -0.4 is 5.32 Å². The first-order chi connectivity index (χ1) is 14.5. The van der Waals surface area contributed by atoms with Gasteiger partial charge in [-0.2, -0.15) is 0 Å². The maximum atomic E-state index is 12.6. The summed E-state index contributed by atoms with van der Waals surface area (Å²) in [4.78, 5) is 15.1. The molecular weight excluding hydrogens is 412 g/mol. The maximum absolute atomic E-state index is 12.6. The molecule has 0 aliphatic carbocycles. The van der Waals surface area contributed by atoms with Crippen LogP contribution in [0.2, 0.25) is 0 Å². The third-order valence-electron chi connectivity index (χ3n) is 4.98. The van der Waals surface area contributed by atoms with Crippen LogP contribution in [0.4, 0.5) is 4.79 Å². The number of benzene rings is 1. The molecule has 1 aromatic rings. The number of alkyl carbamates (subject to hydrolysis) is 1. The fraction of sp³-hybridized carbons (Fsp3) is 0.542. The van der Waals surface area contributed by atoms with Crippen LogP contribution in [0, 0.1) is 5.92 Å². The highest BCUT2D eigenvalue weighted by molar-refractivity contribution is 7.91. The number of hydrogen-bond donors (Lipinski definition) is 1. The fourth-order valence-electron chi connectivity index (χ4n) is 3.65. The Labute approximate surface area is 187 Å². The van der Waals surface area contributed by atoms with Crippen LogP contribution in [-0.2, 0) is 14.6 Å². The molecule has 0 fully saturated rings. The van der Waals surface area contributed by atoms with Crippen molar-refractivity contribution < 1.29 is 17.9 Å². The molecule has 172 valence electrons. The Morgan fingerprint density at radius 1 is 1.32 bits per heavy atom. The summed E-state index contributed by atoms with van der Waals surface area (Å²) >= 11 is 0. The zero-order valence-corrected chi connectivity index (χ0v) is 20.2. The SMILES string of the molecule is C=CCN1CC(C)CC=C1[C@H](NC(=O)OC(C)(C)C)c1ccc(S(=O)(=O)CCC)cc1. The molecule has 0 bridgehead atoms. The van der Waals surface area contributed by atoms with Crippen LogP contribution in [-0.4, -0.2) is 43.9 Å². The van der Waals surface area contributed by atoms with Crippen molar-refractivity contribution >= 4 is 15.9 Å². The second-order valence-electron chi connectivity index (χ2n) is 9.13. The van der Waals surface area contributed by atoms with Gasteiger partial charge in [-0.1, -0.05) is 38.1 Å².